The number of carbonyl (C=O) groups is 1. The second-order valence-corrected chi connectivity index (χ2v) is 7.81. The minimum absolute atomic E-state index is 0.0367. The van der Waals surface area contributed by atoms with Crippen molar-refractivity contribution in [2.24, 2.45) is 0 Å². The van der Waals surface area contributed by atoms with Gasteiger partial charge in [-0.25, -0.2) is 0 Å². The Balaban J connectivity index is 1.58. The quantitative estimate of drug-likeness (QED) is 0.716. The van der Waals surface area contributed by atoms with E-state index in [1.165, 1.54) is 4.90 Å². The molecule has 0 aliphatic carbocycles. The molecule has 150 valence electrons. The van der Waals surface area contributed by atoms with E-state index in [-0.39, 0.29) is 26.1 Å². The molecular formula is C23H21ClNO4-. The summed E-state index contributed by atoms with van der Waals surface area (Å²) in [5, 5.41) is 25.6. The van der Waals surface area contributed by atoms with Crippen LogP contribution in [-0.4, -0.2) is 35.3 Å². The minimum Gasteiger partial charge on any atom is -0.530 e. The number of halogens is 1. The maximum atomic E-state index is 11.4. The van der Waals surface area contributed by atoms with Crippen molar-refractivity contribution in [1.82, 2.24) is 4.90 Å². The van der Waals surface area contributed by atoms with Gasteiger partial charge in [0, 0.05) is 24.5 Å². The molecule has 1 amide bonds. The average Bonchev–Trinajstić information content (AvgIpc) is 2.73. The third-order valence-electron chi connectivity index (χ3n) is 5.55. The first-order valence-electron chi connectivity index (χ1n) is 9.49. The zero-order valence-corrected chi connectivity index (χ0v) is 16.5. The third kappa shape index (κ3) is 4.08. The lowest BCUT2D eigenvalue weighted by molar-refractivity contribution is -0.272. The van der Waals surface area contributed by atoms with Gasteiger partial charge in [-0.3, -0.25) is 0 Å². The monoisotopic (exact) mass is 410 g/mol. The molecule has 0 saturated carbocycles. The van der Waals surface area contributed by atoms with Gasteiger partial charge in [0.2, 0.25) is 0 Å². The highest BCUT2D eigenvalue weighted by atomic mass is 35.5. The average molecular weight is 411 g/mol. The molecule has 1 heterocycles. The molecule has 2 unspecified atom stereocenters. The molecule has 0 bridgehead atoms. The second kappa shape index (κ2) is 8.03. The fraction of sp³-hybridized carbons (Fsp3) is 0.261. The van der Waals surface area contributed by atoms with E-state index < -0.39 is 17.8 Å². The number of carbonyl (C=O) groups excluding carboxylic acids is 1. The first kappa shape index (κ1) is 19.7. The number of fused-ring (bicyclic) bond motifs is 1. The molecule has 1 saturated heterocycles. The van der Waals surface area contributed by atoms with Crippen molar-refractivity contribution in [3.63, 3.8) is 0 Å². The van der Waals surface area contributed by atoms with Gasteiger partial charge in [0.1, 0.15) is 17.8 Å². The first-order valence-corrected chi connectivity index (χ1v) is 9.87. The summed E-state index contributed by atoms with van der Waals surface area (Å²) in [6.45, 7) is 0.471. The van der Waals surface area contributed by atoms with Gasteiger partial charge in [0.15, 0.2) is 0 Å². The highest BCUT2D eigenvalue weighted by Crippen LogP contribution is 2.36. The van der Waals surface area contributed by atoms with Crippen molar-refractivity contribution in [1.29, 1.82) is 0 Å². The molecule has 1 aliphatic rings. The van der Waals surface area contributed by atoms with E-state index in [0.29, 0.717) is 10.6 Å². The Hall–Kier alpha value is -2.60. The summed E-state index contributed by atoms with van der Waals surface area (Å²) >= 11 is 5.98. The topological polar surface area (TPSA) is 72.8 Å². The van der Waals surface area contributed by atoms with Gasteiger partial charge < -0.3 is 24.6 Å². The van der Waals surface area contributed by atoms with Crippen LogP contribution in [0.4, 0.5) is 4.79 Å². The summed E-state index contributed by atoms with van der Waals surface area (Å²) in [7, 11) is 0. The molecule has 29 heavy (non-hydrogen) atoms. The van der Waals surface area contributed by atoms with Gasteiger partial charge in [-0.2, -0.15) is 0 Å². The number of amides is 1. The number of likely N-dealkylation sites (tertiary alicyclic amines) is 1. The van der Waals surface area contributed by atoms with Crippen molar-refractivity contribution >= 4 is 28.5 Å². The number of aliphatic hydroxyl groups is 1. The Morgan fingerprint density at radius 2 is 1.86 bits per heavy atom. The largest absolute Gasteiger partial charge is 0.530 e. The second-order valence-electron chi connectivity index (χ2n) is 7.37. The predicted octanol–water partition coefficient (Wildman–Crippen LogP) is 3.32. The lowest BCUT2D eigenvalue weighted by Crippen LogP contribution is -2.58. The van der Waals surface area contributed by atoms with Crippen molar-refractivity contribution in [2.75, 3.05) is 13.1 Å². The number of ether oxygens (including phenoxy) is 1. The highest BCUT2D eigenvalue weighted by Gasteiger charge is 2.44. The Labute approximate surface area is 174 Å². The summed E-state index contributed by atoms with van der Waals surface area (Å²) in [5.74, 6) is 0. The summed E-state index contributed by atoms with van der Waals surface area (Å²) in [5.41, 5.74) is 0.295. The van der Waals surface area contributed by atoms with E-state index in [1.807, 2.05) is 42.5 Å². The normalized spacial score (nSPS) is 22.0. The van der Waals surface area contributed by atoms with E-state index >= 15 is 0 Å². The standard InChI is InChI=1S/C23H22ClNO4/c24-20-9-7-19(8-10-20)23(28)11-12-25(22(26)27)14-21(23)29-15-16-5-6-17-3-1-2-4-18(17)13-16/h1-10,13,21,28H,11-12,14-15H2,(H,26,27)/p-1. The minimum atomic E-state index is -1.31. The summed E-state index contributed by atoms with van der Waals surface area (Å²) in [6.07, 6.45) is -1.78. The van der Waals surface area contributed by atoms with Gasteiger partial charge in [-0.1, -0.05) is 60.1 Å². The number of nitrogens with zero attached hydrogens (tertiary/aromatic N) is 1. The van der Waals surface area contributed by atoms with Crippen LogP contribution in [0.1, 0.15) is 17.5 Å². The molecule has 3 aromatic carbocycles. The Morgan fingerprint density at radius 1 is 1.14 bits per heavy atom. The van der Waals surface area contributed by atoms with E-state index in [4.69, 9.17) is 16.3 Å². The summed E-state index contributed by atoms with van der Waals surface area (Å²) in [4.78, 5) is 12.5. The lowest BCUT2D eigenvalue weighted by Gasteiger charge is -2.45. The van der Waals surface area contributed by atoms with Crippen LogP contribution in [0.3, 0.4) is 0 Å². The SMILES string of the molecule is O=C([O-])N1CCC(O)(c2ccc(Cl)cc2)C(OCc2ccc3ccccc3c2)C1. The highest BCUT2D eigenvalue weighted by molar-refractivity contribution is 6.30. The summed E-state index contributed by atoms with van der Waals surface area (Å²) in [6, 6.07) is 21.0. The smallest absolute Gasteiger partial charge is 0.137 e. The van der Waals surface area contributed by atoms with Crippen LogP contribution in [0, 0.1) is 0 Å². The van der Waals surface area contributed by atoms with Crippen LogP contribution >= 0.6 is 11.6 Å². The molecule has 6 heteroatoms. The van der Waals surface area contributed by atoms with E-state index in [9.17, 15) is 15.0 Å². The van der Waals surface area contributed by atoms with Crippen LogP contribution in [0.2, 0.25) is 5.02 Å². The molecule has 1 fully saturated rings. The molecular weight excluding hydrogens is 390 g/mol. The van der Waals surface area contributed by atoms with Crippen LogP contribution in [0.5, 0.6) is 0 Å². The molecule has 0 spiro atoms. The van der Waals surface area contributed by atoms with Gasteiger partial charge >= 0.3 is 0 Å². The zero-order valence-electron chi connectivity index (χ0n) is 15.8. The van der Waals surface area contributed by atoms with E-state index in [0.717, 1.165) is 16.3 Å². The van der Waals surface area contributed by atoms with Gasteiger partial charge in [0.25, 0.3) is 0 Å². The molecule has 3 aromatic rings. The van der Waals surface area contributed by atoms with Crippen molar-refractivity contribution in [2.45, 2.75) is 24.7 Å². The van der Waals surface area contributed by atoms with Crippen molar-refractivity contribution < 1.29 is 19.7 Å². The first-order chi connectivity index (χ1) is 14.0. The fourth-order valence-corrected chi connectivity index (χ4v) is 3.99. The Bertz CT molecular complexity index is 1020. The van der Waals surface area contributed by atoms with Crippen molar-refractivity contribution in [3.8, 4) is 0 Å². The molecule has 2 atom stereocenters. The maximum absolute atomic E-state index is 11.4. The molecule has 5 nitrogen and oxygen atoms in total. The van der Waals surface area contributed by atoms with Crippen LogP contribution in [-0.2, 0) is 16.9 Å². The lowest BCUT2D eigenvalue weighted by atomic mass is 9.82. The predicted molar refractivity (Wildman–Crippen MR) is 109 cm³/mol. The van der Waals surface area contributed by atoms with Gasteiger partial charge in [-0.05, 0) is 40.1 Å². The molecule has 0 radical (unpaired) electrons. The number of hydrogen-bond acceptors (Lipinski definition) is 4. The fourth-order valence-electron chi connectivity index (χ4n) is 3.86. The van der Waals surface area contributed by atoms with E-state index in [2.05, 4.69) is 0 Å². The Morgan fingerprint density at radius 3 is 2.59 bits per heavy atom. The number of piperidine rings is 1. The Kier molecular flexibility index (Phi) is 5.46. The number of rotatable bonds is 4. The molecule has 1 aliphatic heterocycles. The third-order valence-corrected chi connectivity index (χ3v) is 5.80. The number of hydrogen-bond donors (Lipinski definition) is 1. The van der Waals surface area contributed by atoms with Crippen LogP contribution in [0.25, 0.3) is 10.8 Å². The molecule has 1 N–H and O–H groups in total. The number of benzene rings is 3. The van der Waals surface area contributed by atoms with Crippen LogP contribution < -0.4 is 5.11 Å². The zero-order chi connectivity index (χ0) is 20.4. The van der Waals surface area contributed by atoms with Gasteiger partial charge in [-0.15, -0.1) is 0 Å². The van der Waals surface area contributed by atoms with Crippen LogP contribution in [0.15, 0.2) is 66.7 Å². The molecule has 0 aromatic heterocycles. The van der Waals surface area contributed by atoms with E-state index in [1.54, 1.807) is 24.3 Å². The van der Waals surface area contributed by atoms with Gasteiger partial charge in [0.05, 0.1) is 6.61 Å². The number of carboxylic acid groups (broad SMARTS) is 1. The molecule has 4 rings (SSSR count). The summed E-state index contributed by atoms with van der Waals surface area (Å²) < 4.78 is 6.08. The maximum Gasteiger partial charge on any atom is 0.137 e. The van der Waals surface area contributed by atoms with Crippen molar-refractivity contribution in [3.05, 3.63) is 82.9 Å².